The van der Waals surface area contributed by atoms with Gasteiger partial charge in [0.2, 0.25) is 0 Å². The predicted octanol–water partition coefficient (Wildman–Crippen LogP) is 4.56. The fraction of sp³-hybridized carbons (Fsp3) is 0.250. The number of rotatable bonds is 2. The van der Waals surface area contributed by atoms with Crippen LogP contribution in [0.2, 0.25) is 0 Å². The first-order valence-corrected chi connectivity index (χ1v) is 6.23. The fourth-order valence-electron chi connectivity index (χ4n) is 1.96. The number of hydrogen-bond donors (Lipinski definition) is 0. The Morgan fingerprint density at radius 2 is 1.53 bits per heavy atom. The lowest BCUT2D eigenvalue weighted by atomic mass is 9.85. The molecule has 0 aliphatic rings. The van der Waals surface area contributed by atoms with Crippen LogP contribution in [0.25, 0.3) is 11.1 Å². The summed E-state index contributed by atoms with van der Waals surface area (Å²) in [6.45, 7) is 6.46. The summed E-state index contributed by atoms with van der Waals surface area (Å²) >= 11 is 0. The molecule has 98 valence electrons. The van der Waals surface area contributed by atoms with Gasteiger partial charge >= 0.3 is 0 Å². The van der Waals surface area contributed by atoms with Crippen molar-refractivity contribution in [2.24, 2.45) is 0 Å². The van der Waals surface area contributed by atoms with Crippen LogP contribution in [-0.4, -0.2) is 4.92 Å². The predicted molar refractivity (Wildman–Crippen MR) is 77.2 cm³/mol. The molecule has 0 spiro atoms. The first-order valence-electron chi connectivity index (χ1n) is 6.23. The average Bonchev–Trinajstić information content (AvgIpc) is 2.38. The van der Waals surface area contributed by atoms with E-state index in [4.69, 9.17) is 0 Å². The van der Waals surface area contributed by atoms with Crippen LogP contribution < -0.4 is 0 Å². The second kappa shape index (κ2) is 4.84. The molecule has 3 nitrogen and oxygen atoms in total. The van der Waals surface area contributed by atoms with E-state index in [1.165, 1.54) is 11.6 Å². The Kier molecular flexibility index (Phi) is 3.38. The molecule has 19 heavy (non-hydrogen) atoms. The van der Waals surface area contributed by atoms with E-state index in [1.807, 2.05) is 18.2 Å². The Bertz CT molecular complexity index is 612. The molecule has 0 aliphatic carbocycles. The van der Waals surface area contributed by atoms with Gasteiger partial charge in [0.05, 0.1) is 4.92 Å². The van der Waals surface area contributed by atoms with Crippen LogP contribution in [0.15, 0.2) is 48.5 Å². The Hall–Kier alpha value is -2.16. The lowest BCUT2D eigenvalue weighted by molar-refractivity contribution is -0.384. The van der Waals surface area contributed by atoms with Crippen LogP contribution in [-0.2, 0) is 5.41 Å². The molecule has 0 bridgehead atoms. The fourth-order valence-corrected chi connectivity index (χ4v) is 1.96. The van der Waals surface area contributed by atoms with E-state index in [2.05, 4.69) is 32.9 Å². The van der Waals surface area contributed by atoms with Crippen molar-refractivity contribution >= 4 is 5.69 Å². The molecule has 0 fully saturated rings. The van der Waals surface area contributed by atoms with E-state index < -0.39 is 0 Å². The van der Waals surface area contributed by atoms with E-state index in [-0.39, 0.29) is 16.0 Å². The molecular weight excluding hydrogens is 238 g/mol. The van der Waals surface area contributed by atoms with E-state index in [0.717, 1.165) is 11.1 Å². The summed E-state index contributed by atoms with van der Waals surface area (Å²) in [6.07, 6.45) is 0. The maximum absolute atomic E-state index is 10.8. The Balaban J connectivity index is 2.48. The second-order valence-electron chi connectivity index (χ2n) is 5.64. The van der Waals surface area contributed by atoms with Gasteiger partial charge in [-0.25, -0.2) is 0 Å². The summed E-state index contributed by atoms with van der Waals surface area (Å²) in [6, 6.07) is 14.9. The van der Waals surface area contributed by atoms with Crippen molar-refractivity contribution in [3.8, 4) is 11.1 Å². The minimum Gasteiger partial charge on any atom is -0.258 e. The zero-order chi connectivity index (χ0) is 14.0. The van der Waals surface area contributed by atoms with E-state index in [1.54, 1.807) is 12.1 Å². The van der Waals surface area contributed by atoms with Crippen LogP contribution in [0, 0.1) is 10.1 Å². The second-order valence-corrected chi connectivity index (χ2v) is 5.64. The number of hydrogen-bond acceptors (Lipinski definition) is 2. The van der Waals surface area contributed by atoms with Crippen molar-refractivity contribution in [2.45, 2.75) is 26.2 Å². The van der Waals surface area contributed by atoms with Crippen LogP contribution in [0.4, 0.5) is 5.69 Å². The van der Waals surface area contributed by atoms with Crippen LogP contribution in [0.5, 0.6) is 0 Å². The minimum absolute atomic E-state index is 0.0662. The first-order chi connectivity index (χ1) is 8.88. The van der Waals surface area contributed by atoms with Crippen LogP contribution in [0.3, 0.4) is 0 Å². The maximum Gasteiger partial charge on any atom is 0.270 e. The van der Waals surface area contributed by atoms with Gasteiger partial charge in [-0.3, -0.25) is 10.1 Å². The SMILES string of the molecule is CC(C)(C)c1cccc(-c2cccc([N+](=O)[O-])c2)c1. The lowest BCUT2D eigenvalue weighted by Gasteiger charge is -2.19. The molecular formula is C16H17NO2. The van der Waals surface area contributed by atoms with Gasteiger partial charge in [-0.15, -0.1) is 0 Å². The molecule has 0 radical (unpaired) electrons. The topological polar surface area (TPSA) is 43.1 Å². The lowest BCUT2D eigenvalue weighted by Crippen LogP contribution is -2.10. The molecule has 0 N–H and O–H groups in total. The number of benzene rings is 2. The summed E-state index contributed by atoms with van der Waals surface area (Å²) in [5.41, 5.74) is 3.29. The number of nitro groups is 1. The van der Waals surface area contributed by atoms with Gasteiger partial charge < -0.3 is 0 Å². The van der Waals surface area contributed by atoms with Crippen molar-refractivity contribution in [1.82, 2.24) is 0 Å². The van der Waals surface area contributed by atoms with Gasteiger partial charge in [-0.05, 0) is 22.1 Å². The minimum atomic E-state index is -0.364. The first kappa shape index (κ1) is 13.3. The third-order valence-electron chi connectivity index (χ3n) is 3.12. The molecule has 0 atom stereocenters. The molecule has 0 heterocycles. The smallest absolute Gasteiger partial charge is 0.258 e. The molecule has 3 heteroatoms. The van der Waals surface area contributed by atoms with Gasteiger partial charge in [-0.1, -0.05) is 57.2 Å². The summed E-state index contributed by atoms with van der Waals surface area (Å²) in [7, 11) is 0. The van der Waals surface area contributed by atoms with Crippen molar-refractivity contribution in [3.05, 3.63) is 64.2 Å². The van der Waals surface area contributed by atoms with E-state index in [9.17, 15) is 10.1 Å². The Morgan fingerprint density at radius 3 is 2.11 bits per heavy atom. The standard InChI is InChI=1S/C16H17NO2/c1-16(2,3)14-8-4-6-12(10-14)13-7-5-9-15(11-13)17(18)19/h4-11H,1-3H3. The number of non-ortho nitro benzene ring substituents is 1. The van der Waals surface area contributed by atoms with Gasteiger partial charge in [0, 0.05) is 12.1 Å². The van der Waals surface area contributed by atoms with E-state index in [0.29, 0.717) is 0 Å². The van der Waals surface area contributed by atoms with Crippen LogP contribution in [0.1, 0.15) is 26.3 Å². The molecule has 0 saturated heterocycles. The third kappa shape index (κ3) is 2.99. The normalized spacial score (nSPS) is 11.3. The largest absolute Gasteiger partial charge is 0.270 e. The zero-order valence-corrected chi connectivity index (χ0v) is 11.4. The summed E-state index contributed by atoms with van der Waals surface area (Å²) in [5.74, 6) is 0. The monoisotopic (exact) mass is 255 g/mol. The van der Waals surface area contributed by atoms with Crippen LogP contribution >= 0.6 is 0 Å². The number of nitrogens with zero attached hydrogens (tertiary/aromatic N) is 1. The molecule has 0 amide bonds. The maximum atomic E-state index is 10.8. The molecule has 0 saturated carbocycles. The highest BCUT2D eigenvalue weighted by Crippen LogP contribution is 2.29. The van der Waals surface area contributed by atoms with Gasteiger partial charge in [0.15, 0.2) is 0 Å². The Labute approximate surface area is 113 Å². The molecule has 0 aliphatic heterocycles. The van der Waals surface area contributed by atoms with Crippen molar-refractivity contribution in [2.75, 3.05) is 0 Å². The average molecular weight is 255 g/mol. The molecule has 0 unspecified atom stereocenters. The molecule has 2 rings (SSSR count). The van der Waals surface area contributed by atoms with Crippen molar-refractivity contribution in [3.63, 3.8) is 0 Å². The zero-order valence-electron chi connectivity index (χ0n) is 11.4. The highest BCUT2D eigenvalue weighted by Gasteiger charge is 2.14. The molecule has 2 aromatic rings. The molecule has 2 aromatic carbocycles. The molecule has 0 aromatic heterocycles. The third-order valence-corrected chi connectivity index (χ3v) is 3.12. The van der Waals surface area contributed by atoms with Gasteiger partial charge in [0.1, 0.15) is 0 Å². The summed E-state index contributed by atoms with van der Waals surface area (Å²) in [5, 5.41) is 10.8. The van der Waals surface area contributed by atoms with E-state index >= 15 is 0 Å². The summed E-state index contributed by atoms with van der Waals surface area (Å²) < 4.78 is 0. The van der Waals surface area contributed by atoms with Gasteiger partial charge in [0.25, 0.3) is 5.69 Å². The quantitative estimate of drug-likeness (QED) is 0.583. The van der Waals surface area contributed by atoms with Gasteiger partial charge in [-0.2, -0.15) is 0 Å². The van der Waals surface area contributed by atoms with Crippen molar-refractivity contribution < 1.29 is 4.92 Å². The highest BCUT2D eigenvalue weighted by molar-refractivity contribution is 5.67. The van der Waals surface area contributed by atoms with Crippen molar-refractivity contribution in [1.29, 1.82) is 0 Å². The number of nitro benzene ring substituents is 1. The Morgan fingerprint density at radius 1 is 0.947 bits per heavy atom. The highest BCUT2D eigenvalue weighted by atomic mass is 16.6. The summed E-state index contributed by atoms with van der Waals surface area (Å²) in [4.78, 5) is 10.5.